The van der Waals surface area contributed by atoms with E-state index in [1.807, 2.05) is 27.7 Å². The van der Waals surface area contributed by atoms with E-state index in [1.54, 1.807) is 0 Å². The number of nitrogens with zero attached hydrogens (tertiary/aromatic N) is 1. The Bertz CT molecular complexity index is 580. The number of rotatable bonds is 2. The molecule has 1 amide bonds. The summed E-state index contributed by atoms with van der Waals surface area (Å²) in [7, 11) is 0. The fourth-order valence-electron chi connectivity index (χ4n) is 3.85. The van der Waals surface area contributed by atoms with E-state index < -0.39 is 5.54 Å². The number of hydrogen-bond acceptors (Lipinski definition) is 4. The van der Waals surface area contributed by atoms with E-state index in [2.05, 4.69) is 15.5 Å². The highest BCUT2D eigenvalue weighted by molar-refractivity contribution is 6.00. The number of carbonyl (C=O) groups excluding carboxylic acids is 1. The molecular weight excluding hydrogens is 268 g/mol. The average Bonchev–Trinajstić information content (AvgIpc) is 2.78. The highest BCUT2D eigenvalue weighted by atomic mass is 16.5. The van der Waals surface area contributed by atoms with Gasteiger partial charge in [0.05, 0.1) is 6.10 Å². The normalized spacial score (nSPS) is 34.0. The van der Waals surface area contributed by atoms with Crippen LogP contribution in [0.4, 0.5) is 5.82 Å². The molecule has 21 heavy (non-hydrogen) atoms. The number of H-pyrrole nitrogens is 1. The van der Waals surface area contributed by atoms with Gasteiger partial charge in [-0.05, 0) is 26.7 Å². The van der Waals surface area contributed by atoms with Gasteiger partial charge in [-0.2, -0.15) is 5.10 Å². The Kier molecular flexibility index (Phi) is 3.15. The van der Waals surface area contributed by atoms with Crippen LogP contribution in [0.1, 0.15) is 37.9 Å². The molecule has 2 heterocycles. The Hall–Kier alpha value is -1.40. The molecule has 2 aliphatic rings. The van der Waals surface area contributed by atoms with Gasteiger partial charge in [0.15, 0.2) is 5.82 Å². The van der Waals surface area contributed by atoms with Gasteiger partial charge in [-0.3, -0.25) is 9.89 Å². The summed E-state index contributed by atoms with van der Waals surface area (Å²) < 4.78 is 5.83. The average molecular weight is 292 g/mol. The zero-order valence-electron chi connectivity index (χ0n) is 13.1. The number of aromatic amines is 1. The molecule has 1 aromatic heterocycles. The second-order valence-corrected chi connectivity index (χ2v) is 6.91. The summed E-state index contributed by atoms with van der Waals surface area (Å²) in [4.78, 5) is 12.8. The first kappa shape index (κ1) is 14.5. The van der Waals surface area contributed by atoms with Crippen LogP contribution in [0.5, 0.6) is 0 Å². The van der Waals surface area contributed by atoms with Crippen LogP contribution >= 0.6 is 0 Å². The predicted molar refractivity (Wildman–Crippen MR) is 79.9 cm³/mol. The lowest BCUT2D eigenvalue weighted by Crippen LogP contribution is -2.81. The predicted octanol–water partition coefficient (Wildman–Crippen LogP) is 1.50. The van der Waals surface area contributed by atoms with Crippen molar-refractivity contribution < 1.29 is 9.53 Å². The molecule has 3 atom stereocenters. The van der Waals surface area contributed by atoms with Gasteiger partial charge in [-0.1, -0.05) is 13.8 Å². The van der Waals surface area contributed by atoms with Crippen molar-refractivity contribution in [1.29, 1.82) is 0 Å². The number of nitrogens with two attached hydrogens (primary N) is 1. The second-order valence-electron chi connectivity index (χ2n) is 6.91. The summed E-state index contributed by atoms with van der Waals surface area (Å²) in [5.41, 5.74) is 7.17. The van der Waals surface area contributed by atoms with Gasteiger partial charge >= 0.3 is 0 Å². The fraction of sp³-hybridized carbons (Fsp3) is 0.733. The second kappa shape index (κ2) is 4.55. The maximum absolute atomic E-state index is 12.8. The van der Waals surface area contributed by atoms with Gasteiger partial charge in [-0.25, -0.2) is 0 Å². The molecule has 0 aromatic carbocycles. The van der Waals surface area contributed by atoms with Gasteiger partial charge in [-0.15, -0.1) is 0 Å². The first-order chi connectivity index (χ1) is 9.80. The molecule has 3 unspecified atom stereocenters. The summed E-state index contributed by atoms with van der Waals surface area (Å²) in [6.07, 6.45) is 1.98. The Balaban J connectivity index is 1.84. The summed E-state index contributed by atoms with van der Waals surface area (Å²) in [5, 5.41) is 9.91. The fourth-order valence-corrected chi connectivity index (χ4v) is 3.85. The van der Waals surface area contributed by atoms with Crippen molar-refractivity contribution >= 4 is 11.7 Å². The molecule has 0 bridgehead atoms. The van der Waals surface area contributed by atoms with Crippen molar-refractivity contribution in [2.75, 3.05) is 11.9 Å². The smallest absolute Gasteiger partial charge is 0.246 e. The first-order valence-electron chi connectivity index (χ1n) is 7.53. The van der Waals surface area contributed by atoms with Crippen LogP contribution in [0.2, 0.25) is 0 Å². The third kappa shape index (κ3) is 1.78. The summed E-state index contributed by atoms with van der Waals surface area (Å²) >= 11 is 0. The van der Waals surface area contributed by atoms with Crippen LogP contribution in [-0.2, 0) is 9.53 Å². The van der Waals surface area contributed by atoms with E-state index in [0.29, 0.717) is 5.82 Å². The van der Waals surface area contributed by atoms with E-state index in [4.69, 9.17) is 10.5 Å². The van der Waals surface area contributed by atoms with Gasteiger partial charge < -0.3 is 15.8 Å². The number of amides is 1. The molecule has 1 aliphatic carbocycles. The molecule has 116 valence electrons. The van der Waals surface area contributed by atoms with E-state index in [-0.39, 0.29) is 23.3 Å². The summed E-state index contributed by atoms with van der Waals surface area (Å²) in [6.45, 7) is 8.65. The highest BCUT2D eigenvalue weighted by Crippen LogP contribution is 2.57. The molecule has 1 aromatic rings. The number of anilines is 1. The summed E-state index contributed by atoms with van der Waals surface area (Å²) in [6, 6.07) is 0. The number of aromatic nitrogens is 2. The Morgan fingerprint density at radius 2 is 2.19 bits per heavy atom. The van der Waals surface area contributed by atoms with Crippen LogP contribution in [0.15, 0.2) is 0 Å². The highest BCUT2D eigenvalue weighted by Gasteiger charge is 2.70. The topological polar surface area (TPSA) is 93.0 Å². The third-order valence-electron chi connectivity index (χ3n) is 5.55. The molecule has 0 spiro atoms. The quantitative estimate of drug-likeness (QED) is 0.770. The van der Waals surface area contributed by atoms with Crippen LogP contribution in [-0.4, -0.2) is 34.4 Å². The van der Waals surface area contributed by atoms with Gasteiger partial charge in [0.25, 0.3) is 0 Å². The Morgan fingerprint density at radius 1 is 1.48 bits per heavy atom. The minimum Gasteiger partial charge on any atom is -0.377 e. The molecule has 6 nitrogen and oxygen atoms in total. The number of carbonyl (C=O) groups is 1. The number of ether oxygens (including phenoxy) is 1. The zero-order valence-corrected chi connectivity index (χ0v) is 13.1. The molecule has 0 radical (unpaired) electrons. The third-order valence-corrected chi connectivity index (χ3v) is 5.55. The zero-order chi connectivity index (χ0) is 15.4. The van der Waals surface area contributed by atoms with Crippen LogP contribution in [0.3, 0.4) is 0 Å². The maximum Gasteiger partial charge on any atom is 0.246 e. The first-order valence-corrected chi connectivity index (χ1v) is 7.53. The minimum absolute atomic E-state index is 0.0732. The summed E-state index contributed by atoms with van der Waals surface area (Å²) in [5.74, 6) is 0.494. The van der Waals surface area contributed by atoms with Crippen molar-refractivity contribution in [2.24, 2.45) is 17.1 Å². The monoisotopic (exact) mass is 292 g/mol. The lowest BCUT2D eigenvalue weighted by Gasteiger charge is -2.65. The molecule has 4 N–H and O–H groups in total. The number of fused-ring (bicyclic) bond motifs is 1. The molecule has 1 saturated carbocycles. The van der Waals surface area contributed by atoms with Crippen LogP contribution in [0, 0.1) is 25.2 Å². The van der Waals surface area contributed by atoms with Gasteiger partial charge in [0, 0.05) is 29.2 Å². The molecule has 2 fully saturated rings. The van der Waals surface area contributed by atoms with Crippen molar-refractivity contribution in [1.82, 2.24) is 10.2 Å². The van der Waals surface area contributed by atoms with Crippen LogP contribution in [0.25, 0.3) is 0 Å². The number of hydrogen-bond donors (Lipinski definition) is 3. The van der Waals surface area contributed by atoms with Crippen LogP contribution < -0.4 is 11.1 Å². The molecule has 1 saturated heterocycles. The van der Waals surface area contributed by atoms with Gasteiger partial charge in [0.2, 0.25) is 5.91 Å². The SMILES string of the molecule is Cc1[nH]nc(NC(=O)C2(N)C3CCCOC3C2(C)C)c1C. The minimum atomic E-state index is -0.905. The van der Waals surface area contributed by atoms with Crippen molar-refractivity contribution in [3.8, 4) is 0 Å². The number of nitrogens with one attached hydrogen (secondary N) is 2. The van der Waals surface area contributed by atoms with E-state index >= 15 is 0 Å². The van der Waals surface area contributed by atoms with Crippen molar-refractivity contribution in [3.05, 3.63) is 11.3 Å². The van der Waals surface area contributed by atoms with Crippen molar-refractivity contribution in [3.63, 3.8) is 0 Å². The Labute approximate surface area is 124 Å². The van der Waals surface area contributed by atoms with E-state index in [9.17, 15) is 4.79 Å². The largest absolute Gasteiger partial charge is 0.377 e. The van der Waals surface area contributed by atoms with Crippen molar-refractivity contribution in [2.45, 2.75) is 52.2 Å². The maximum atomic E-state index is 12.8. The molecule has 3 rings (SSSR count). The molecular formula is C15H24N4O2. The number of aryl methyl sites for hydroxylation is 1. The molecule has 1 aliphatic heterocycles. The van der Waals surface area contributed by atoms with Gasteiger partial charge in [0.1, 0.15) is 5.54 Å². The Morgan fingerprint density at radius 3 is 2.81 bits per heavy atom. The lowest BCUT2D eigenvalue weighted by molar-refractivity contribution is -0.222. The van der Waals surface area contributed by atoms with E-state index in [0.717, 1.165) is 30.7 Å². The molecule has 6 heteroatoms. The lowest BCUT2D eigenvalue weighted by atomic mass is 9.46. The van der Waals surface area contributed by atoms with E-state index in [1.165, 1.54) is 0 Å². The standard InChI is InChI=1S/C15H24N4O2/c1-8-9(2)18-19-12(8)17-13(20)15(16)10-6-5-7-21-11(10)14(15,3)4/h10-11H,5-7,16H2,1-4H3,(H2,17,18,19,20).